The molecule has 1 atom stereocenters. The summed E-state index contributed by atoms with van der Waals surface area (Å²) in [5.74, 6) is -0.834. The van der Waals surface area contributed by atoms with E-state index in [2.05, 4.69) is 29.6 Å². The van der Waals surface area contributed by atoms with Crippen molar-refractivity contribution >= 4 is 18.0 Å². The minimum Gasteiger partial charge on any atom is -0.481 e. The number of alkyl carbamates (subject to hydrolysis) is 1. The molecule has 0 bridgehead atoms. The van der Waals surface area contributed by atoms with Gasteiger partial charge in [-0.2, -0.15) is 0 Å². The minimum atomic E-state index is -0.852. The zero-order chi connectivity index (χ0) is 22.9. The Hall–Kier alpha value is -3.35. The standard InChI is InChI=1S/C26H28N2O5/c29-24(28-13-18(14-28)25(30)31)11-17(16-9-10-16)12-27-26(32)33-15-23-21-7-3-1-5-19(21)20-6-2-4-8-22(20)23/h1-8,16-18,23H,9-15H2,(H,27,32)(H,30,31). The molecule has 1 saturated carbocycles. The highest BCUT2D eigenvalue weighted by molar-refractivity contribution is 5.81. The lowest BCUT2D eigenvalue weighted by Gasteiger charge is -2.37. The molecule has 2 aliphatic carbocycles. The first-order chi connectivity index (χ1) is 16.0. The van der Waals surface area contributed by atoms with Gasteiger partial charge >= 0.3 is 12.1 Å². The van der Waals surface area contributed by atoms with Crippen molar-refractivity contribution in [3.8, 4) is 11.1 Å². The molecule has 1 aliphatic heterocycles. The summed E-state index contributed by atoms with van der Waals surface area (Å²) < 4.78 is 5.60. The fraction of sp³-hybridized carbons (Fsp3) is 0.423. The summed E-state index contributed by atoms with van der Waals surface area (Å²) in [7, 11) is 0. The van der Waals surface area contributed by atoms with Crippen molar-refractivity contribution in [1.82, 2.24) is 10.2 Å². The molecule has 2 amide bonds. The van der Waals surface area contributed by atoms with Crippen molar-refractivity contribution in [1.29, 1.82) is 0 Å². The number of hydrogen-bond donors (Lipinski definition) is 2. The average Bonchev–Trinajstić information content (AvgIpc) is 3.57. The van der Waals surface area contributed by atoms with Gasteiger partial charge in [0.1, 0.15) is 6.61 Å². The van der Waals surface area contributed by atoms with E-state index in [1.165, 1.54) is 22.3 Å². The van der Waals surface area contributed by atoms with Crippen LogP contribution in [0.3, 0.4) is 0 Å². The van der Waals surface area contributed by atoms with Gasteiger partial charge in [0.05, 0.1) is 5.92 Å². The number of fused-ring (bicyclic) bond motifs is 3. The van der Waals surface area contributed by atoms with Crippen LogP contribution in [0.2, 0.25) is 0 Å². The van der Waals surface area contributed by atoms with Crippen LogP contribution in [0, 0.1) is 17.8 Å². The third kappa shape index (κ3) is 4.45. The minimum absolute atomic E-state index is 0.0116. The van der Waals surface area contributed by atoms with Crippen LogP contribution in [-0.2, 0) is 14.3 Å². The molecule has 0 spiro atoms. The number of carboxylic acid groups (broad SMARTS) is 1. The van der Waals surface area contributed by atoms with E-state index in [9.17, 15) is 14.4 Å². The van der Waals surface area contributed by atoms with Gasteiger partial charge in [-0.15, -0.1) is 0 Å². The molecule has 2 N–H and O–H groups in total. The van der Waals surface area contributed by atoms with Gasteiger partial charge in [-0.3, -0.25) is 9.59 Å². The van der Waals surface area contributed by atoms with E-state index in [1.807, 2.05) is 24.3 Å². The van der Waals surface area contributed by atoms with E-state index in [4.69, 9.17) is 9.84 Å². The molecule has 2 aromatic carbocycles. The van der Waals surface area contributed by atoms with Gasteiger partial charge in [-0.25, -0.2) is 4.79 Å². The number of benzene rings is 2. The molecule has 7 heteroatoms. The molecular weight excluding hydrogens is 420 g/mol. The number of amides is 2. The first-order valence-corrected chi connectivity index (χ1v) is 11.6. The highest BCUT2D eigenvalue weighted by Crippen LogP contribution is 2.44. The van der Waals surface area contributed by atoms with Crippen LogP contribution in [0.25, 0.3) is 11.1 Å². The molecule has 172 valence electrons. The summed E-state index contributed by atoms with van der Waals surface area (Å²) in [6.07, 6.45) is 1.98. The van der Waals surface area contributed by atoms with E-state index in [0.717, 1.165) is 12.8 Å². The van der Waals surface area contributed by atoms with Gasteiger partial charge < -0.3 is 20.1 Å². The molecule has 2 aromatic rings. The second-order valence-electron chi connectivity index (χ2n) is 9.34. The predicted octanol–water partition coefficient (Wildman–Crippen LogP) is 3.48. The highest BCUT2D eigenvalue weighted by Gasteiger charge is 2.39. The second-order valence-corrected chi connectivity index (χ2v) is 9.34. The Morgan fingerprint density at radius 2 is 1.61 bits per heavy atom. The maximum absolute atomic E-state index is 12.5. The van der Waals surface area contributed by atoms with Crippen LogP contribution in [0.1, 0.15) is 36.3 Å². The Balaban J connectivity index is 1.13. The van der Waals surface area contributed by atoms with Gasteiger partial charge in [0.25, 0.3) is 0 Å². The fourth-order valence-corrected chi connectivity index (χ4v) is 5.03. The summed E-state index contributed by atoms with van der Waals surface area (Å²) in [5.41, 5.74) is 4.71. The number of carboxylic acids is 1. The lowest BCUT2D eigenvalue weighted by molar-refractivity contribution is -0.153. The Morgan fingerprint density at radius 3 is 2.18 bits per heavy atom. The molecule has 1 saturated heterocycles. The Kier molecular flexibility index (Phi) is 5.79. The smallest absolute Gasteiger partial charge is 0.407 e. The molecule has 5 rings (SSSR count). The third-order valence-corrected chi connectivity index (χ3v) is 7.16. The van der Waals surface area contributed by atoms with Crippen molar-refractivity contribution in [2.24, 2.45) is 17.8 Å². The fourth-order valence-electron chi connectivity index (χ4n) is 5.03. The molecule has 0 aromatic heterocycles. The van der Waals surface area contributed by atoms with Crippen molar-refractivity contribution < 1.29 is 24.2 Å². The molecule has 1 heterocycles. The van der Waals surface area contributed by atoms with Crippen molar-refractivity contribution in [2.45, 2.75) is 25.2 Å². The summed E-state index contributed by atoms with van der Waals surface area (Å²) >= 11 is 0. The van der Waals surface area contributed by atoms with Crippen LogP contribution < -0.4 is 5.32 Å². The molecule has 2 fully saturated rings. The van der Waals surface area contributed by atoms with Gasteiger partial charge in [0.15, 0.2) is 0 Å². The van der Waals surface area contributed by atoms with Crippen LogP contribution in [0.15, 0.2) is 48.5 Å². The number of hydrogen-bond acceptors (Lipinski definition) is 4. The zero-order valence-corrected chi connectivity index (χ0v) is 18.4. The Morgan fingerprint density at radius 1 is 1.00 bits per heavy atom. The molecule has 0 radical (unpaired) electrons. The van der Waals surface area contributed by atoms with Crippen molar-refractivity contribution in [2.75, 3.05) is 26.2 Å². The monoisotopic (exact) mass is 448 g/mol. The van der Waals surface area contributed by atoms with E-state index in [1.54, 1.807) is 4.90 Å². The number of rotatable bonds is 8. The highest BCUT2D eigenvalue weighted by atomic mass is 16.5. The summed E-state index contributed by atoms with van der Waals surface area (Å²) in [4.78, 5) is 37.5. The first-order valence-electron chi connectivity index (χ1n) is 11.6. The van der Waals surface area contributed by atoms with Gasteiger partial charge in [0.2, 0.25) is 5.91 Å². The molecule has 1 unspecified atom stereocenters. The van der Waals surface area contributed by atoms with Crippen LogP contribution in [0.5, 0.6) is 0 Å². The molecular formula is C26H28N2O5. The lowest BCUT2D eigenvalue weighted by atomic mass is 9.95. The van der Waals surface area contributed by atoms with E-state index >= 15 is 0 Å². The summed E-state index contributed by atoms with van der Waals surface area (Å²) in [6.45, 7) is 1.22. The summed E-state index contributed by atoms with van der Waals surface area (Å²) in [6, 6.07) is 16.4. The number of carbonyl (C=O) groups is 3. The number of ether oxygens (including phenoxy) is 1. The number of likely N-dealkylation sites (tertiary alicyclic amines) is 1. The molecule has 7 nitrogen and oxygen atoms in total. The second kappa shape index (κ2) is 8.89. The average molecular weight is 449 g/mol. The van der Waals surface area contributed by atoms with Crippen molar-refractivity contribution in [3.63, 3.8) is 0 Å². The van der Waals surface area contributed by atoms with E-state index in [0.29, 0.717) is 18.9 Å². The predicted molar refractivity (Wildman–Crippen MR) is 122 cm³/mol. The first kappa shape index (κ1) is 21.5. The Bertz CT molecular complexity index is 1030. The number of carbonyl (C=O) groups excluding carboxylic acids is 2. The van der Waals surface area contributed by atoms with E-state index in [-0.39, 0.29) is 37.4 Å². The van der Waals surface area contributed by atoms with Crippen LogP contribution in [-0.4, -0.2) is 54.2 Å². The number of nitrogens with one attached hydrogen (secondary N) is 1. The number of nitrogens with zero attached hydrogens (tertiary/aromatic N) is 1. The van der Waals surface area contributed by atoms with E-state index < -0.39 is 18.0 Å². The van der Waals surface area contributed by atoms with Crippen LogP contribution >= 0.6 is 0 Å². The van der Waals surface area contributed by atoms with Gasteiger partial charge in [-0.05, 0) is 46.9 Å². The third-order valence-electron chi connectivity index (χ3n) is 7.16. The SMILES string of the molecule is O=C(NCC(CC(=O)N1CC(C(=O)O)C1)C1CC1)OCC1c2ccccc2-c2ccccc21. The zero-order valence-electron chi connectivity index (χ0n) is 18.4. The number of aliphatic carboxylic acids is 1. The molecule has 3 aliphatic rings. The quantitative estimate of drug-likeness (QED) is 0.645. The lowest BCUT2D eigenvalue weighted by Crippen LogP contribution is -2.53. The van der Waals surface area contributed by atoms with Gasteiger partial charge in [-0.1, -0.05) is 48.5 Å². The maximum atomic E-state index is 12.5. The largest absolute Gasteiger partial charge is 0.481 e. The normalized spacial score (nSPS) is 18.1. The Labute approximate surface area is 192 Å². The maximum Gasteiger partial charge on any atom is 0.407 e. The van der Waals surface area contributed by atoms with Crippen molar-refractivity contribution in [3.05, 3.63) is 59.7 Å². The summed E-state index contributed by atoms with van der Waals surface area (Å²) in [5, 5.41) is 11.9. The topological polar surface area (TPSA) is 95.9 Å². The van der Waals surface area contributed by atoms with Gasteiger partial charge in [0, 0.05) is 32.0 Å². The molecule has 33 heavy (non-hydrogen) atoms. The van der Waals surface area contributed by atoms with Crippen LogP contribution in [0.4, 0.5) is 4.79 Å².